The summed E-state index contributed by atoms with van der Waals surface area (Å²) in [5.41, 5.74) is 4.76. The first-order valence-corrected chi connectivity index (χ1v) is 5.07. The van der Waals surface area contributed by atoms with E-state index >= 15 is 0 Å². The predicted octanol–water partition coefficient (Wildman–Crippen LogP) is -0.388. The van der Waals surface area contributed by atoms with Gasteiger partial charge in [0.1, 0.15) is 6.04 Å². The lowest BCUT2D eigenvalue weighted by Crippen LogP contribution is -2.48. The van der Waals surface area contributed by atoms with Gasteiger partial charge in [-0.05, 0) is 6.92 Å². The highest BCUT2D eigenvalue weighted by molar-refractivity contribution is 5.89. The van der Waals surface area contributed by atoms with Crippen molar-refractivity contribution in [3.05, 3.63) is 0 Å². The van der Waals surface area contributed by atoms with Crippen molar-refractivity contribution in [2.45, 2.75) is 33.7 Å². The first-order valence-electron chi connectivity index (χ1n) is 5.07. The van der Waals surface area contributed by atoms with Crippen LogP contribution in [-0.2, 0) is 9.59 Å². The number of carbonyl (C=O) groups excluding carboxylic acids is 2. The third-order valence-electron chi connectivity index (χ3n) is 1.87. The Hall–Kier alpha value is -1.10. The summed E-state index contributed by atoms with van der Waals surface area (Å²) in [5.74, 6) is -0.351. The lowest BCUT2D eigenvalue weighted by Gasteiger charge is -2.21. The molecule has 0 rings (SSSR count). The van der Waals surface area contributed by atoms with Gasteiger partial charge in [-0.1, -0.05) is 20.8 Å². The number of rotatable bonds is 4. The van der Waals surface area contributed by atoms with E-state index in [1.54, 1.807) is 27.7 Å². The van der Waals surface area contributed by atoms with Crippen molar-refractivity contribution >= 4 is 11.8 Å². The van der Waals surface area contributed by atoms with Crippen LogP contribution in [0.25, 0.3) is 0 Å². The van der Waals surface area contributed by atoms with E-state index in [4.69, 9.17) is 5.73 Å². The largest absolute Gasteiger partial charge is 0.353 e. The average molecular weight is 215 g/mol. The molecule has 0 saturated heterocycles. The normalized spacial score (nSPS) is 13.1. The minimum absolute atomic E-state index is 0.141. The molecule has 1 atom stereocenters. The number of nitrogens with two attached hydrogens (primary N) is 1. The van der Waals surface area contributed by atoms with Crippen LogP contribution in [0.2, 0.25) is 0 Å². The van der Waals surface area contributed by atoms with Crippen LogP contribution in [0.15, 0.2) is 0 Å². The van der Waals surface area contributed by atoms with Crippen molar-refractivity contribution in [2.75, 3.05) is 13.1 Å². The number of carbonyl (C=O) groups is 2. The second kappa shape index (κ2) is 5.70. The SMILES string of the molecule is CC(NC(=O)C(C)(C)C)C(=O)NCCN. The van der Waals surface area contributed by atoms with Gasteiger partial charge in [-0.3, -0.25) is 9.59 Å². The molecule has 4 N–H and O–H groups in total. The van der Waals surface area contributed by atoms with E-state index in [-0.39, 0.29) is 11.8 Å². The molecule has 1 unspecified atom stereocenters. The van der Waals surface area contributed by atoms with Crippen LogP contribution >= 0.6 is 0 Å². The highest BCUT2D eigenvalue weighted by atomic mass is 16.2. The molecule has 0 aromatic rings. The maximum Gasteiger partial charge on any atom is 0.242 e. The maximum absolute atomic E-state index is 11.5. The molecule has 88 valence electrons. The maximum atomic E-state index is 11.5. The molecule has 5 nitrogen and oxygen atoms in total. The minimum atomic E-state index is -0.525. The molecule has 0 spiro atoms. The molecule has 0 aromatic heterocycles. The molecule has 0 fully saturated rings. The quantitative estimate of drug-likeness (QED) is 0.597. The van der Waals surface area contributed by atoms with Crippen LogP contribution in [0.1, 0.15) is 27.7 Å². The molecule has 0 aromatic carbocycles. The third-order valence-corrected chi connectivity index (χ3v) is 1.87. The zero-order valence-electron chi connectivity index (χ0n) is 9.89. The fraction of sp³-hybridized carbons (Fsp3) is 0.800. The summed E-state index contributed by atoms with van der Waals surface area (Å²) in [6.07, 6.45) is 0. The summed E-state index contributed by atoms with van der Waals surface area (Å²) in [5, 5.41) is 5.25. The van der Waals surface area contributed by atoms with E-state index < -0.39 is 11.5 Å². The predicted molar refractivity (Wildman–Crippen MR) is 59.1 cm³/mol. The first-order chi connectivity index (χ1) is 6.79. The summed E-state index contributed by atoms with van der Waals surface area (Å²) in [4.78, 5) is 22.9. The molecule has 0 aliphatic carbocycles. The van der Waals surface area contributed by atoms with Gasteiger partial charge < -0.3 is 16.4 Å². The van der Waals surface area contributed by atoms with Crippen LogP contribution in [0.5, 0.6) is 0 Å². The highest BCUT2D eigenvalue weighted by Gasteiger charge is 2.24. The summed E-state index contributed by atoms with van der Waals surface area (Å²) in [6, 6.07) is -0.525. The van der Waals surface area contributed by atoms with Crippen molar-refractivity contribution < 1.29 is 9.59 Å². The van der Waals surface area contributed by atoms with E-state index in [2.05, 4.69) is 10.6 Å². The van der Waals surface area contributed by atoms with Gasteiger partial charge >= 0.3 is 0 Å². The molecule has 0 saturated carbocycles. The average Bonchev–Trinajstić information content (AvgIpc) is 2.12. The number of hydrogen-bond donors (Lipinski definition) is 3. The van der Waals surface area contributed by atoms with Gasteiger partial charge in [-0.25, -0.2) is 0 Å². The molecule has 0 bridgehead atoms. The van der Waals surface area contributed by atoms with Crippen molar-refractivity contribution in [3.8, 4) is 0 Å². The second-order valence-corrected chi connectivity index (χ2v) is 4.52. The van der Waals surface area contributed by atoms with Gasteiger partial charge in [0.05, 0.1) is 0 Å². The highest BCUT2D eigenvalue weighted by Crippen LogP contribution is 2.12. The van der Waals surface area contributed by atoms with Crippen LogP contribution in [-0.4, -0.2) is 30.9 Å². The fourth-order valence-corrected chi connectivity index (χ4v) is 0.827. The number of hydrogen-bond acceptors (Lipinski definition) is 3. The zero-order chi connectivity index (χ0) is 12.1. The van der Waals surface area contributed by atoms with Crippen LogP contribution in [0.3, 0.4) is 0 Å². The Balaban J connectivity index is 4.08. The van der Waals surface area contributed by atoms with Crippen molar-refractivity contribution in [1.29, 1.82) is 0 Å². The Morgan fingerprint density at radius 3 is 2.27 bits per heavy atom. The fourth-order valence-electron chi connectivity index (χ4n) is 0.827. The van der Waals surface area contributed by atoms with E-state index in [0.717, 1.165) is 0 Å². The summed E-state index contributed by atoms with van der Waals surface area (Å²) in [7, 11) is 0. The number of nitrogens with one attached hydrogen (secondary N) is 2. The van der Waals surface area contributed by atoms with Crippen LogP contribution < -0.4 is 16.4 Å². The lowest BCUT2D eigenvalue weighted by molar-refractivity contribution is -0.133. The van der Waals surface area contributed by atoms with E-state index in [1.165, 1.54) is 0 Å². The third kappa shape index (κ3) is 5.37. The number of amides is 2. The molecule has 5 heteroatoms. The smallest absolute Gasteiger partial charge is 0.242 e. The molecular weight excluding hydrogens is 194 g/mol. The van der Waals surface area contributed by atoms with E-state index in [0.29, 0.717) is 13.1 Å². The van der Waals surface area contributed by atoms with E-state index in [9.17, 15) is 9.59 Å². The summed E-state index contributed by atoms with van der Waals surface area (Å²) >= 11 is 0. The van der Waals surface area contributed by atoms with Gasteiger partial charge in [0.15, 0.2) is 0 Å². The van der Waals surface area contributed by atoms with Gasteiger partial charge in [0.25, 0.3) is 0 Å². The summed E-state index contributed by atoms with van der Waals surface area (Å²) < 4.78 is 0. The Bertz CT molecular complexity index is 233. The minimum Gasteiger partial charge on any atom is -0.353 e. The van der Waals surface area contributed by atoms with Gasteiger partial charge in [-0.15, -0.1) is 0 Å². The van der Waals surface area contributed by atoms with Crippen LogP contribution in [0, 0.1) is 5.41 Å². The molecule has 2 amide bonds. The van der Waals surface area contributed by atoms with Crippen molar-refractivity contribution in [3.63, 3.8) is 0 Å². The van der Waals surface area contributed by atoms with E-state index in [1.807, 2.05) is 0 Å². The Kier molecular flexibility index (Phi) is 5.28. The molecule has 0 heterocycles. The van der Waals surface area contributed by atoms with Crippen molar-refractivity contribution in [1.82, 2.24) is 10.6 Å². The van der Waals surface area contributed by atoms with Crippen LogP contribution in [0.4, 0.5) is 0 Å². The van der Waals surface area contributed by atoms with Gasteiger partial charge in [0, 0.05) is 18.5 Å². The Morgan fingerprint density at radius 2 is 1.87 bits per heavy atom. The molecule has 0 aliphatic rings. The monoisotopic (exact) mass is 215 g/mol. The summed E-state index contributed by atoms with van der Waals surface area (Å²) in [6.45, 7) is 7.86. The lowest BCUT2D eigenvalue weighted by atomic mass is 9.95. The zero-order valence-corrected chi connectivity index (χ0v) is 9.89. The van der Waals surface area contributed by atoms with Gasteiger partial charge in [-0.2, -0.15) is 0 Å². The molecular formula is C10H21N3O2. The second-order valence-electron chi connectivity index (χ2n) is 4.52. The Morgan fingerprint density at radius 1 is 1.33 bits per heavy atom. The van der Waals surface area contributed by atoms with Crippen molar-refractivity contribution in [2.24, 2.45) is 11.1 Å². The molecule has 0 radical (unpaired) electrons. The first kappa shape index (κ1) is 13.9. The standard InChI is InChI=1S/C10H21N3O2/c1-7(8(14)12-6-5-11)13-9(15)10(2,3)4/h7H,5-6,11H2,1-4H3,(H,12,14)(H,13,15). The molecule has 0 aliphatic heterocycles. The van der Waals surface area contributed by atoms with Gasteiger partial charge in [0.2, 0.25) is 11.8 Å². The Labute approximate surface area is 90.8 Å². The molecule has 15 heavy (non-hydrogen) atoms. The topological polar surface area (TPSA) is 84.2 Å².